The molecule has 1 saturated heterocycles. The Kier molecular flexibility index (Phi) is 4.98. The number of hydrogen-bond acceptors (Lipinski definition) is 3. The highest BCUT2D eigenvalue weighted by atomic mass is 32.2. The fourth-order valence-electron chi connectivity index (χ4n) is 3.17. The van der Waals surface area contributed by atoms with Crippen LogP contribution in [0.5, 0.6) is 0 Å². The highest BCUT2D eigenvalue weighted by Crippen LogP contribution is 2.28. The van der Waals surface area contributed by atoms with Gasteiger partial charge >= 0.3 is 0 Å². The SMILES string of the molecule is CSC1CCCCC1NC1CCCN(C)C1. The molecule has 1 saturated carbocycles. The van der Waals surface area contributed by atoms with E-state index in [1.165, 1.54) is 51.6 Å². The van der Waals surface area contributed by atoms with E-state index in [1.807, 2.05) is 0 Å². The second-order valence-electron chi connectivity index (χ2n) is 5.43. The lowest BCUT2D eigenvalue weighted by Crippen LogP contribution is -2.51. The minimum Gasteiger partial charge on any atom is -0.309 e. The first kappa shape index (κ1) is 12.7. The molecular formula is C13H26N2S. The van der Waals surface area contributed by atoms with Gasteiger partial charge in [0.25, 0.3) is 0 Å². The van der Waals surface area contributed by atoms with Crippen LogP contribution in [0.2, 0.25) is 0 Å². The maximum atomic E-state index is 3.93. The molecule has 0 radical (unpaired) electrons. The number of likely N-dealkylation sites (N-methyl/N-ethyl adjacent to an activating group) is 1. The van der Waals surface area contributed by atoms with Crippen molar-refractivity contribution in [3.63, 3.8) is 0 Å². The summed E-state index contributed by atoms with van der Waals surface area (Å²) in [6.45, 7) is 2.53. The molecule has 3 heteroatoms. The smallest absolute Gasteiger partial charge is 0.0198 e. The largest absolute Gasteiger partial charge is 0.309 e. The Labute approximate surface area is 105 Å². The van der Waals surface area contributed by atoms with Gasteiger partial charge < -0.3 is 10.2 Å². The molecule has 3 unspecified atom stereocenters. The predicted octanol–water partition coefficient (Wildman–Crippen LogP) is 2.34. The van der Waals surface area contributed by atoms with Gasteiger partial charge in [0.2, 0.25) is 0 Å². The van der Waals surface area contributed by atoms with Crippen LogP contribution in [0.1, 0.15) is 38.5 Å². The van der Waals surface area contributed by atoms with E-state index >= 15 is 0 Å². The van der Waals surface area contributed by atoms with E-state index in [4.69, 9.17) is 0 Å². The Morgan fingerprint density at radius 1 is 1.12 bits per heavy atom. The van der Waals surface area contributed by atoms with Gasteiger partial charge in [0.1, 0.15) is 0 Å². The third kappa shape index (κ3) is 3.38. The summed E-state index contributed by atoms with van der Waals surface area (Å²) in [7, 11) is 2.25. The van der Waals surface area contributed by atoms with E-state index in [0.717, 1.165) is 17.3 Å². The second kappa shape index (κ2) is 6.27. The minimum atomic E-state index is 0.747. The molecule has 2 fully saturated rings. The molecule has 16 heavy (non-hydrogen) atoms. The normalized spacial score (nSPS) is 37.5. The van der Waals surface area contributed by atoms with E-state index in [0.29, 0.717) is 0 Å². The number of nitrogens with zero attached hydrogens (tertiary/aromatic N) is 1. The van der Waals surface area contributed by atoms with Crippen molar-refractivity contribution in [1.29, 1.82) is 0 Å². The van der Waals surface area contributed by atoms with Gasteiger partial charge in [-0.1, -0.05) is 12.8 Å². The zero-order valence-electron chi connectivity index (χ0n) is 10.7. The van der Waals surface area contributed by atoms with Gasteiger partial charge in [-0.3, -0.25) is 0 Å². The molecule has 0 aromatic carbocycles. The maximum Gasteiger partial charge on any atom is 0.0198 e. The Morgan fingerprint density at radius 2 is 1.94 bits per heavy atom. The van der Waals surface area contributed by atoms with Gasteiger partial charge in [0, 0.05) is 23.9 Å². The number of hydrogen-bond donors (Lipinski definition) is 1. The molecule has 0 spiro atoms. The summed E-state index contributed by atoms with van der Waals surface area (Å²) in [6, 6.07) is 1.52. The fourth-order valence-corrected chi connectivity index (χ4v) is 4.12. The molecule has 0 amide bonds. The van der Waals surface area contributed by atoms with Crippen molar-refractivity contribution in [2.75, 3.05) is 26.4 Å². The summed E-state index contributed by atoms with van der Waals surface area (Å²) < 4.78 is 0. The van der Waals surface area contributed by atoms with Crippen LogP contribution in [-0.4, -0.2) is 48.6 Å². The lowest BCUT2D eigenvalue weighted by Gasteiger charge is -2.37. The molecule has 2 rings (SSSR count). The quantitative estimate of drug-likeness (QED) is 0.818. The molecule has 0 aromatic heterocycles. The van der Waals surface area contributed by atoms with Crippen LogP contribution in [0.15, 0.2) is 0 Å². The van der Waals surface area contributed by atoms with Crippen molar-refractivity contribution in [3.8, 4) is 0 Å². The first-order valence-electron chi connectivity index (χ1n) is 6.77. The predicted molar refractivity (Wildman–Crippen MR) is 73.2 cm³/mol. The summed E-state index contributed by atoms with van der Waals surface area (Å²) in [5, 5.41) is 4.79. The van der Waals surface area contributed by atoms with Gasteiger partial charge in [0.15, 0.2) is 0 Å². The average molecular weight is 242 g/mol. The second-order valence-corrected chi connectivity index (χ2v) is 6.51. The zero-order chi connectivity index (χ0) is 11.4. The lowest BCUT2D eigenvalue weighted by molar-refractivity contribution is 0.207. The van der Waals surface area contributed by atoms with Gasteiger partial charge in [-0.25, -0.2) is 0 Å². The summed E-state index contributed by atoms with van der Waals surface area (Å²) in [6.07, 6.45) is 10.7. The molecular weight excluding hydrogens is 216 g/mol. The van der Waals surface area contributed by atoms with E-state index in [-0.39, 0.29) is 0 Å². The van der Waals surface area contributed by atoms with Gasteiger partial charge in [0.05, 0.1) is 0 Å². The van der Waals surface area contributed by atoms with Crippen LogP contribution in [-0.2, 0) is 0 Å². The maximum absolute atomic E-state index is 3.93. The zero-order valence-corrected chi connectivity index (χ0v) is 11.6. The number of rotatable bonds is 3. The summed E-state index contributed by atoms with van der Waals surface area (Å²) in [4.78, 5) is 2.47. The van der Waals surface area contributed by atoms with Gasteiger partial charge in [-0.2, -0.15) is 11.8 Å². The topological polar surface area (TPSA) is 15.3 Å². The average Bonchev–Trinajstić information content (AvgIpc) is 2.30. The Balaban J connectivity index is 1.82. The molecule has 0 bridgehead atoms. The first-order valence-corrected chi connectivity index (χ1v) is 8.06. The minimum absolute atomic E-state index is 0.747. The van der Waals surface area contributed by atoms with Crippen molar-refractivity contribution >= 4 is 11.8 Å². The van der Waals surface area contributed by atoms with Crippen LogP contribution in [0.25, 0.3) is 0 Å². The molecule has 1 heterocycles. The van der Waals surface area contributed by atoms with Crippen LogP contribution in [0.3, 0.4) is 0 Å². The molecule has 2 aliphatic rings. The summed E-state index contributed by atoms with van der Waals surface area (Å²) >= 11 is 2.07. The number of piperidine rings is 1. The van der Waals surface area contributed by atoms with E-state index in [2.05, 4.69) is 35.3 Å². The Hall–Kier alpha value is 0.270. The highest BCUT2D eigenvalue weighted by molar-refractivity contribution is 7.99. The van der Waals surface area contributed by atoms with Crippen LogP contribution in [0, 0.1) is 0 Å². The Morgan fingerprint density at radius 3 is 2.69 bits per heavy atom. The lowest BCUT2D eigenvalue weighted by atomic mass is 9.93. The van der Waals surface area contributed by atoms with Crippen LogP contribution >= 0.6 is 11.8 Å². The van der Waals surface area contributed by atoms with E-state index in [9.17, 15) is 0 Å². The van der Waals surface area contributed by atoms with Crippen molar-refractivity contribution < 1.29 is 0 Å². The van der Waals surface area contributed by atoms with Gasteiger partial charge in [-0.15, -0.1) is 0 Å². The van der Waals surface area contributed by atoms with Gasteiger partial charge in [-0.05, 0) is 45.5 Å². The standard InChI is InChI=1S/C13H26N2S/c1-15-9-5-6-11(10-15)14-12-7-3-4-8-13(12)16-2/h11-14H,3-10H2,1-2H3. The van der Waals surface area contributed by atoms with Crippen molar-refractivity contribution in [1.82, 2.24) is 10.2 Å². The fraction of sp³-hybridized carbons (Fsp3) is 1.00. The third-order valence-electron chi connectivity index (χ3n) is 4.08. The Bertz CT molecular complexity index is 210. The third-order valence-corrected chi connectivity index (χ3v) is 5.25. The monoisotopic (exact) mass is 242 g/mol. The van der Waals surface area contributed by atoms with E-state index in [1.54, 1.807) is 0 Å². The van der Waals surface area contributed by atoms with Crippen molar-refractivity contribution in [3.05, 3.63) is 0 Å². The molecule has 94 valence electrons. The number of thioether (sulfide) groups is 1. The van der Waals surface area contributed by atoms with Crippen molar-refractivity contribution in [2.24, 2.45) is 0 Å². The molecule has 0 aromatic rings. The molecule has 2 nitrogen and oxygen atoms in total. The number of likely N-dealkylation sites (tertiary alicyclic amines) is 1. The van der Waals surface area contributed by atoms with Crippen LogP contribution < -0.4 is 5.32 Å². The number of nitrogens with one attached hydrogen (secondary N) is 1. The molecule has 1 aliphatic carbocycles. The first-order chi connectivity index (χ1) is 7.79. The van der Waals surface area contributed by atoms with E-state index < -0.39 is 0 Å². The molecule has 1 N–H and O–H groups in total. The summed E-state index contributed by atoms with van der Waals surface area (Å²) in [5.41, 5.74) is 0. The van der Waals surface area contributed by atoms with Crippen molar-refractivity contribution in [2.45, 2.75) is 55.9 Å². The molecule has 1 aliphatic heterocycles. The highest BCUT2D eigenvalue weighted by Gasteiger charge is 2.27. The molecule has 3 atom stereocenters. The summed E-state index contributed by atoms with van der Waals surface area (Å²) in [5.74, 6) is 0. The van der Waals surface area contributed by atoms with Crippen LogP contribution in [0.4, 0.5) is 0 Å².